The van der Waals surface area contributed by atoms with Crippen LogP contribution in [0.5, 0.6) is 0 Å². The molecule has 0 amide bonds. The monoisotopic (exact) mass is 123 g/mol. The van der Waals surface area contributed by atoms with Crippen molar-refractivity contribution in [3.63, 3.8) is 0 Å². The van der Waals surface area contributed by atoms with Gasteiger partial charge in [0.15, 0.2) is 0 Å². The summed E-state index contributed by atoms with van der Waals surface area (Å²) < 4.78 is 0. The lowest BCUT2D eigenvalue weighted by molar-refractivity contribution is 0.587. The quantitative estimate of drug-likeness (QED) is 0.522. The van der Waals surface area contributed by atoms with Gasteiger partial charge in [-0.05, 0) is 24.8 Å². The fraction of sp³-hybridized carbons (Fsp3) is 0.500. The standard InChI is InChI=1S/C8H13N/c1-7-4-2-3-5-8(9)6-7/h2-3,5,7H,4,6,9H2,1H3. The lowest BCUT2D eigenvalue weighted by atomic mass is 10.0. The second-order valence-electron chi connectivity index (χ2n) is 2.71. The van der Waals surface area contributed by atoms with E-state index in [1.807, 2.05) is 12.2 Å². The van der Waals surface area contributed by atoms with Crippen LogP contribution in [0.1, 0.15) is 19.8 Å². The molecule has 0 heterocycles. The van der Waals surface area contributed by atoms with Crippen LogP contribution >= 0.6 is 0 Å². The molecule has 1 nitrogen and oxygen atoms in total. The Balaban J connectivity index is 2.58. The summed E-state index contributed by atoms with van der Waals surface area (Å²) in [6.07, 6.45) is 8.41. The molecule has 9 heavy (non-hydrogen) atoms. The Bertz CT molecular complexity index is 145. The Hall–Kier alpha value is -0.720. The Morgan fingerprint density at radius 3 is 3.22 bits per heavy atom. The maximum atomic E-state index is 5.64. The van der Waals surface area contributed by atoms with Crippen LogP contribution in [0, 0.1) is 5.92 Å². The van der Waals surface area contributed by atoms with Crippen LogP contribution in [0.15, 0.2) is 23.9 Å². The third-order valence-corrected chi connectivity index (χ3v) is 1.57. The second kappa shape index (κ2) is 2.72. The zero-order valence-corrected chi connectivity index (χ0v) is 5.80. The maximum absolute atomic E-state index is 5.64. The molecule has 2 N–H and O–H groups in total. The third-order valence-electron chi connectivity index (χ3n) is 1.57. The van der Waals surface area contributed by atoms with E-state index in [0.29, 0.717) is 0 Å². The van der Waals surface area contributed by atoms with Crippen molar-refractivity contribution in [2.75, 3.05) is 0 Å². The van der Waals surface area contributed by atoms with Gasteiger partial charge in [0, 0.05) is 5.70 Å². The van der Waals surface area contributed by atoms with Crippen LogP contribution in [0.4, 0.5) is 0 Å². The van der Waals surface area contributed by atoms with Crippen molar-refractivity contribution in [1.82, 2.24) is 0 Å². The maximum Gasteiger partial charge on any atom is 0.00831 e. The molecule has 1 aliphatic rings. The Labute approximate surface area is 56.2 Å². The summed E-state index contributed by atoms with van der Waals surface area (Å²) in [5, 5.41) is 0. The van der Waals surface area contributed by atoms with E-state index in [0.717, 1.165) is 24.5 Å². The predicted octanol–water partition coefficient (Wildman–Crippen LogP) is 1.82. The Kier molecular flexibility index (Phi) is 1.93. The number of rotatable bonds is 0. The van der Waals surface area contributed by atoms with E-state index in [1.54, 1.807) is 0 Å². The molecule has 1 aliphatic carbocycles. The van der Waals surface area contributed by atoms with Gasteiger partial charge in [0.05, 0.1) is 0 Å². The summed E-state index contributed by atoms with van der Waals surface area (Å²) in [4.78, 5) is 0. The summed E-state index contributed by atoms with van der Waals surface area (Å²) in [6.45, 7) is 2.22. The summed E-state index contributed by atoms with van der Waals surface area (Å²) in [7, 11) is 0. The molecule has 0 aliphatic heterocycles. The molecule has 50 valence electrons. The van der Waals surface area contributed by atoms with E-state index in [1.165, 1.54) is 0 Å². The molecule has 1 rings (SSSR count). The zero-order chi connectivity index (χ0) is 6.69. The molecule has 0 aromatic rings. The molecule has 1 heteroatoms. The molecular weight excluding hydrogens is 110 g/mol. The molecule has 0 saturated heterocycles. The number of nitrogens with two attached hydrogens (primary N) is 1. The second-order valence-corrected chi connectivity index (χ2v) is 2.71. The van der Waals surface area contributed by atoms with Crippen LogP contribution in [-0.4, -0.2) is 0 Å². The highest BCUT2D eigenvalue weighted by molar-refractivity contribution is 5.12. The van der Waals surface area contributed by atoms with Gasteiger partial charge in [0.25, 0.3) is 0 Å². The van der Waals surface area contributed by atoms with E-state index in [4.69, 9.17) is 5.73 Å². The van der Waals surface area contributed by atoms with Gasteiger partial charge >= 0.3 is 0 Å². The predicted molar refractivity (Wildman–Crippen MR) is 39.8 cm³/mol. The first kappa shape index (κ1) is 6.40. The van der Waals surface area contributed by atoms with E-state index in [9.17, 15) is 0 Å². The zero-order valence-electron chi connectivity index (χ0n) is 5.80. The average molecular weight is 123 g/mol. The normalized spacial score (nSPS) is 27.2. The van der Waals surface area contributed by atoms with Gasteiger partial charge in [-0.15, -0.1) is 0 Å². The highest BCUT2D eigenvalue weighted by Gasteiger charge is 2.02. The summed E-state index contributed by atoms with van der Waals surface area (Å²) in [5.41, 5.74) is 6.65. The van der Waals surface area contributed by atoms with Crippen LogP contribution < -0.4 is 5.73 Å². The average Bonchev–Trinajstić information content (AvgIpc) is 1.93. The lowest BCUT2D eigenvalue weighted by Gasteiger charge is -2.04. The van der Waals surface area contributed by atoms with Gasteiger partial charge in [-0.2, -0.15) is 0 Å². The highest BCUT2D eigenvalue weighted by Crippen LogP contribution is 2.14. The van der Waals surface area contributed by atoms with Crippen molar-refractivity contribution in [2.45, 2.75) is 19.8 Å². The number of hydrogen-bond acceptors (Lipinski definition) is 1. The van der Waals surface area contributed by atoms with E-state index < -0.39 is 0 Å². The van der Waals surface area contributed by atoms with Crippen LogP contribution in [-0.2, 0) is 0 Å². The minimum Gasteiger partial charge on any atom is -0.402 e. The fourth-order valence-electron chi connectivity index (χ4n) is 1.06. The van der Waals surface area contributed by atoms with Crippen LogP contribution in [0.25, 0.3) is 0 Å². The fourth-order valence-corrected chi connectivity index (χ4v) is 1.06. The molecule has 0 aromatic carbocycles. The first-order chi connectivity index (χ1) is 4.29. The van der Waals surface area contributed by atoms with Gasteiger partial charge in [-0.25, -0.2) is 0 Å². The minimum atomic E-state index is 0.722. The van der Waals surface area contributed by atoms with Crippen molar-refractivity contribution in [3.8, 4) is 0 Å². The molecule has 0 bridgehead atoms. The minimum absolute atomic E-state index is 0.722. The Morgan fingerprint density at radius 2 is 2.44 bits per heavy atom. The molecule has 0 aromatic heterocycles. The van der Waals surface area contributed by atoms with Gasteiger partial charge in [0.1, 0.15) is 0 Å². The van der Waals surface area contributed by atoms with Crippen LogP contribution in [0.2, 0.25) is 0 Å². The van der Waals surface area contributed by atoms with Crippen molar-refractivity contribution < 1.29 is 0 Å². The summed E-state index contributed by atoms with van der Waals surface area (Å²) in [6, 6.07) is 0. The van der Waals surface area contributed by atoms with Crippen molar-refractivity contribution >= 4 is 0 Å². The van der Waals surface area contributed by atoms with E-state index in [2.05, 4.69) is 13.0 Å². The SMILES string of the molecule is CC1CC=CC=C(N)C1. The van der Waals surface area contributed by atoms with Crippen molar-refractivity contribution in [3.05, 3.63) is 23.9 Å². The van der Waals surface area contributed by atoms with Gasteiger partial charge < -0.3 is 5.73 Å². The molecule has 1 unspecified atom stereocenters. The number of hydrogen-bond donors (Lipinski definition) is 1. The number of allylic oxidation sites excluding steroid dienone is 4. The van der Waals surface area contributed by atoms with E-state index in [-0.39, 0.29) is 0 Å². The molecule has 1 atom stereocenters. The summed E-state index contributed by atoms with van der Waals surface area (Å²) >= 11 is 0. The smallest absolute Gasteiger partial charge is 0.00831 e. The largest absolute Gasteiger partial charge is 0.402 e. The first-order valence-electron chi connectivity index (χ1n) is 3.40. The lowest BCUT2D eigenvalue weighted by Crippen LogP contribution is -2.01. The van der Waals surface area contributed by atoms with Crippen molar-refractivity contribution in [1.29, 1.82) is 0 Å². The molecule has 0 radical (unpaired) electrons. The Morgan fingerprint density at radius 1 is 1.67 bits per heavy atom. The molecule has 0 saturated carbocycles. The highest BCUT2D eigenvalue weighted by atomic mass is 14.6. The van der Waals surface area contributed by atoms with Gasteiger partial charge in [0.2, 0.25) is 0 Å². The van der Waals surface area contributed by atoms with Crippen LogP contribution in [0.3, 0.4) is 0 Å². The molecular formula is C8H13N. The van der Waals surface area contributed by atoms with Crippen molar-refractivity contribution in [2.24, 2.45) is 11.7 Å². The molecule has 0 fully saturated rings. The first-order valence-corrected chi connectivity index (χ1v) is 3.40. The van der Waals surface area contributed by atoms with Gasteiger partial charge in [-0.1, -0.05) is 19.1 Å². The molecule has 0 spiro atoms. The van der Waals surface area contributed by atoms with E-state index >= 15 is 0 Å². The third kappa shape index (κ3) is 1.92. The topological polar surface area (TPSA) is 26.0 Å². The van der Waals surface area contributed by atoms with Gasteiger partial charge in [-0.3, -0.25) is 0 Å². The summed E-state index contributed by atoms with van der Waals surface area (Å²) in [5.74, 6) is 0.722.